The van der Waals surface area contributed by atoms with Crippen molar-refractivity contribution in [1.82, 2.24) is 10.6 Å². The highest BCUT2D eigenvalue weighted by Crippen LogP contribution is 2.15. The Kier molecular flexibility index (Phi) is 6.22. The second kappa shape index (κ2) is 8.39. The van der Waals surface area contributed by atoms with Crippen molar-refractivity contribution in [2.75, 3.05) is 19.7 Å². The van der Waals surface area contributed by atoms with E-state index in [9.17, 15) is 4.79 Å². The standard InChI is InChI=1S/C18H24N2O2/c1-14(9-11-21)13-20-18(22)19-10-8-15-6-7-16-4-2-3-5-17(16)12-15/h2-7,12,14,21H,8-11,13H2,1H3,(H2,19,20,22). The van der Waals surface area contributed by atoms with E-state index in [1.54, 1.807) is 0 Å². The van der Waals surface area contributed by atoms with Crippen molar-refractivity contribution in [3.8, 4) is 0 Å². The molecule has 0 spiro atoms. The van der Waals surface area contributed by atoms with Crippen molar-refractivity contribution in [1.29, 1.82) is 0 Å². The molecular formula is C18H24N2O2. The van der Waals surface area contributed by atoms with Crippen LogP contribution >= 0.6 is 0 Å². The summed E-state index contributed by atoms with van der Waals surface area (Å²) in [5.41, 5.74) is 1.22. The summed E-state index contributed by atoms with van der Waals surface area (Å²) in [5.74, 6) is 0.288. The molecule has 0 aliphatic rings. The Balaban J connectivity index is 1.74. The quantitative estimate of drug-likeness (QED) is 0.736. The van der Waals surface area contributed by atoms with Crippen LogP contribution in [-0.2, 0) is 6.42 Å². The number of urea groups is 1. The molecule has 0 aromatic heterocycles. The first-order chi connectivity index (χ1) is 10.7. The highest BCUT2D eigenvalue weighted by Gasteiger charge is 2.04. The van der Waals surface area contributed by atoms with Crippen LogP contribution in [0.1, 0.15) is 18.9 Å². The maximum Gasteiger partial charge on any atom is 0.314 e. The third-order valence-electron chi connectivity index (χ3n) is 3.75. The van der Waals surface area contributed by atoms with Gasteiger partial charge in [-0.2, -0.15) is 0 Å². The third-order valence-corrected chi connectivity index (χ3v) is 3.75. The smallest absolute Gasteiger partial charge is 0.314 e. The summed E-state index contributed by atoms with van der Waals surface area (Å²) in [4.78, 5) is 11.7. The van der Waals surface area contributed by atoms with E-state index in [-0.39, 0.29) is 18.6 Å². The lowest BCUT2D eigenvalue weighted by Crippen LogP contribution is -2.38. The minimum absolute atomic E-state index is 0.148. The van der Waals surface area contributed by atoms with Crippen LogP contribution < -0.4 is 10.6 Å². The molecule has 3 N–H and O–H groups in total. The Labute approximate surface area is 131 Å². The monoisotopic (exact) mass is 300 g/mol. The largest absolute Gasteiger partial charge is 0.396 e. The van der Waals surface area contributed by atoms with Gasteiger partial charge in [0.1, 0.15) is 0 Å². The third kappa shape index (κ3) is 5.04. The zero-order valence-electron chi connectivity index (χ0n) is 13.0. The molecule has 1 atom stereocenters. The summed E-state index contributed by atoms with van der Waals surface area (Å²) >= 11 is 0. The van der Waals surface area contributed by atoms with Crippen LogP contribution in [0.15, 0.2) is 42.5 Å². The van der Waals surface area contributed by atoms with Crippen LogP contribution in [0, 0.1) is 5.92 Å². The maximum absolute atomic E-state index is 11.7. The van der Waals surface area contributed by atoms with Crippen LogP contribution in [0.4, 0.5) is 4.79 Å². The minimum atomic E-state index is -0.148. The number of carbonyl (C=O) groups is 1. The molecule has 2 aromatic rings. The van der Waals surface area contributed by atoms with Gasteiger partial charge >= 0.3 is 6.03 Å². The summed E-state index contributed by atoms with van der Waals surface area (Å²) < 4.78 is 0. The number of nitrogens with one attached hydrogen (secondary N) is 2. The fourth-order valence-electron chi connectivity index (χ4n) is 2.37. The summed E-state index contributed by atoms with van der Waals surface area (Å²) in [6.07, 6.45) is 1.52. The van der Waals surface area contributed by atoms with E-state index < -0.39 is 0 Å². The van der Waals surface area contributed by atoms with Gasteiger partial charge in [-0.25, -0.2) is 4.79 Å². The van der Waals surface area contributed by atoms with E-state index in [1.165, 1.54) is 16.3 Å². The first-order valence-corrected chi connectivity index (χ1v) is 7.79. The number of hydrogen-bond donors (Lipinski definition) is 3. The Morgan fingerprint density at radius 1 is 1.14 bits per heavy atom. The normalized spacial score (nSPS) is 12.1. The average molecular weight is 300 g/mol. The van der Waals surface area contributed by atoms with Crippen LogP contribution in [-0.4, -0.2) is 30.8 Å². The number of benzene rings is 2. The summed E-state index contributed by atoms with van der Waals surface area (Å²) in [6, 6.07) is 14.5. The summed E-state index contributed by atoms with van der Waals surface area (Å²) in [6.45, 7) is 3.36. The van der Waals surface area contributed by atoms with Gasteiger partial charge in [0, 0.05) is 19.7 Å². The minimum Gasteiger partial charge on any atom is -0.396 e. The zero-order valence-corrected chi connectivity index (χ0v) is 13.0. The van der Waals surface area contributed by atoms with E-state index in [0.29, 0.717) is 19.5 Å². The number of amides is 2. The van der Waals surface area contributed by atoms with Crippen LogP contribution in [0.2, 0.25) is 0 Å². The van der Waals surface area contributed by atoms with Gasteiger partial charge in [0.05, 0.1) is 0 Å². The number of fused-ring (bicyclic) bond motifs is 1. The lowest BCUT2D eigenvalue weighted by molar-refractivity contribution is 0.234. The van der Waals surface area contributed by atoms with E-state index in [4.69, 9.17) is 5.11 Å². The molecule has 4 nitrogen and oxygen atoms in total. The molecule has 118 valence electrons. The molecule has 0 fully saturated rings. The van der Waals surface area contributed by atoms with Gasteiger partial charge < -0.3 is 15.7 Å². The van der Waals surface area contributed by atoms with E-state index in [1.807, 2.05) is 19.1 Å². The second-order valence-corrected chi connectivity index (χ2v) is 5.69. The molecule has 2 rings (SSSR count). The molecule has 0 heterocycles. The molecule has 1 unspecified atom stereocenters. The average Bonchev–Trinajstić information content (AvgIpc) is 2.53. The predicted octanol–water partition coefficient (Wildman–Crippen LogP) is 2.70. The summed E-state index contributed by atoms with van der Waals surface area (Å²) in [5, 5.41) is 17.0. The fourth-order valence-corrected chi connectivity index (χ4v) is 2.37. The van der Waals surface area contributed by atoms with Gasteiger partial charge in [0.2, 0.25) is 0 Å². The van der Waals surface area contributed by atoms with Gasteiger partial charge in [-0.1, -0.05) is 49.4 Å². The van der Waals surface area contributed by atoms with Crippen molar-refractivity contribution in [3.05, 3.63) is 48.0 Å². The Morgan fingerprint density at radius 3 is 2.68 bits per heavy atom. The molecule has 2 amide bonds. The first-order valence-electron chi connectivity index (χ1n) is 7.79. The van der Waals surface area contributed by atoms with Crippen LogP contribution in [0.25, 0.3) is 10.8 Å². The lowest BCUT2D eigenvalue weighted by Gasteiger charge is -2.12. The molecule has 4 heteroatoms. The van der Waals surface area contributed by atoms with Crippen molar-refractivity contribution >= 4 is 16.8 Å². The van der Waals surface area contributed by atoms with E-state index >= 15 is 0 Å². The number of rotatable bonds is 7. The van der Waals surface area contributed by atoms with E-state index in [2.05, 4.69) is 41.0 Å². The molecule has 0 saturated heterocycles. The van der Waals surface area contributed by atoms with Crippen LogP contribution in [0.3, 0.4) is 0 Å². The van der Waals surface area contributed by atoms with Gasteiger partial charge in [-0.05, 0) is 35.1 Å². The molecule has 2 aromatic carbocycles. The highest BCUT2D eigenvalue weighted by molar-refractivity contribution is 5.83. The molecule has 0 saturated carbocycles. The van der Waals surface area contributed by atoms with E-state index in [0.717, 1.165) is 6.42 Å². The van der Waals surface area contributed by atoms with Crippen LogP contribution in [0.5, 0.6) is 0 Å². The molecule has 0 aliphatic heterocycles. The highest BCUT2D eigenvalue weighted by atomic mass is 16.3. The predicted molar refractivity (Wildman–Crippen MR) is 89.9 cm³/mol. The molecule has 0 radical (unpaired) electrons. The lowest BCUT2D eigenvalue weighted by atomic mass is 10.1. The van der Waals surface area contributed by atoms with Crippen molar-refractivity contribution in [2.45, 2.75) is 19.8 Å². The van der Waals surface area contributed by atoms with Crippen molar-refractivity contribution < 1.29 is 9.90 Å². The number of hydrogen-bond acceptors (Lipinski definition) is 2. The first kappa shape index (κ1) is 16.3. The molecular weight excluding hydrogens is 276 g/mol. The van der Waals surface area contributed by atoms with Crippen molar-refractivity contribution in [3.63, 3.8) is 0 Å². The number of aliphatic hydroxyl groups is 1. The fraction of sp³-hybridized carbons (Fsp3) is 0.389. The molecule has 0 bridgehead atoms. The SMILES string of the molecule is CC(CCO)CNC(=O)NCCc1ccc2ccccc2c1. The second-order valence-electron chi connectivity index (χ2n) is 5.69. The molecule has 0 aliphatic carbocycles. The van der Waals surface area contributed by atoms with Gasteiger partial charge in [0.25, 0.3) is 0 Å². The zero-order chi connectivity index (χ0) is 15.8. The Hall–Kier alpha value is -2.07. The van der Waals surface area contributed by atoms with Gasteiger partial charge in [-0.15, -0.1) is 0 Å². The Morgan fingerprint density at radius 2 is 1.91 bits per heavy atom. The summed E-state index contributed by atoms with van der Waals surface area (Å²) in [7, 11) is 0. The van der Waals surface area contributed by atoms with Crippen molar-refractivity contribution in [2.24, 2.45) is 5.92 Å². The Bertz CT molecular complexity index is 613. The maximum atomic E-state index is 11.7. The number of carbonyl (C=O) groups excluding carboxylic acids is 1. The van der Waals surface area contributed by atoms with Gasteiger partial charge in [0.15, 0.2) is 0 Å². The number of aliphatic hydroxyl groups excluding tert-OH is 1. The topological polar surface area (TPSA) is 61.4 Å². The molecule has 22 heavy (non-hydrogen) atoms. The van der Waals surface area contributed by atoms with Gasteiger partial charge in [-0.3, -0.25) is 0 Å².